The molecule has 0 aliphatic carbocycles. The van der Waals surface area contributed by atoms with Gasteiger partial charge in [-0.3, -0.25) is 0 Å². The van der Waals surface area contributed by atoms with E-state index in [1.807, 2.05) is 0 Å². The molecule has 0 atom stereocenters. The summed E-state index contributed by atoms with van der Waals surface area (Å²) in [6.45, 7) is 1.45. The molecular weight excluding hydrogens is 344 g/mol. The summed E-state index contributed by atoms with van der Waals surface area (Å²) in [5.41, 5.74) is -1.00. The van der Waals surface area contributed by atoms with Crippen LogP contribution in [0.3, 0.4) is 0 Å². The third-order valence-electron chi connectivity index (χ3n) is 3.71. The smallest absolute Gasteiger partial charge is 0.164 e. The standard InChI is InChI=1S/C17H10F4O2S/c1-2-8-14(20)10(6-11(19)15(8)21)13-9-4-3-7(18)5-12(9)24-16(13)17(22)23/h3-6H,2H2,1H3,(H,22,23)/p-1. The van der Waals surface area contributed by atoms with Crippen molar-refractivity contribution in [3.05, 3.63) is 58.0 Å². The maximum Gasteiger partial charge on any atom is 0.164 e. The molecule has 0 unspecified atom stereocenters. The number of rotatable bonds is 3. The highest BCUT2D eigenvalue weighted by Crippen LogP contribution is 2.41. The molecule has 0 bridgehead atoms. The fourth-order valence-electron chi connectivity index (χ4n) is 2.63. The van der Waals surface area contributed by atoms with Gasteiger partial charge in [-0.25, -0.2) is 17.6 Å². The van der Waals surface area contributed by atoms with E-state index in [4.69, 9.17) is 0 Å². The van der Waals surface area contributed by atoms with E-state index >= 15 is 0 Å². The molecule has 1 aromatic heterocycles. The zero-order valence-corrected chi connectivity index (χ0v) is 13.1. The average Bonchev–Trinajstić information content (AvgIpc) is 2.90. The Hall–Kier alpha value is -2.41. The molecule has 1 heterocycles. The average molecular weight is 353 g/mol. The van der Waals surface area contributed by atoms with Crippen LogP contribution < -0.4 is 5.11 Å². The summed E-state index contributed by atoms with van der Waals surface area (Å²) in [6.07, 6.45) is -0.111. The number of thiophene rings is 1. The van der Waals surface area contributed by atoms with E-state index in [1.54, 1.807) is 0 Å². The van der Waals surface area contributed by atoms with Crippen LogP contribution >= 0.6 is 11.3 Å². The number of carboxylic acid groups (broad SMARTS) is 1. The second-order valence-electron chi connectivity index (χ2n) is 5.10. The first kappa shape index (κ1) is 16.4. The molecule has 2 nitrogen and oxygen atoms in total. The number of carbonyl (C=O) groups excluding carboxylic acids is 1. The molecule has 0 radical (unpaired) electrons. The molecule has 0 fully saturated rings. The van der Waals surface area contributed by atoms with Crippen molar-refractivity contribution in [2.24, 2.45) is 0 Å². The zero-order chi connectivity index (χ0) is 17.6. The van der Waals surface area contributed by atoms with Gasteiger partial charge < -0.3 is 9.90 Å². The summed E-state index contributed by atoms with van der Waals surface area (Å²) < 4.78 is 55.8. The monoisotopic (exact) mass is 353 g/mol. The second kappa shape index (κ2) is 5.90. The number of halogens is 4. The SMILES string of the molecule is CCc1c(F)c(F)cc(-c2c(C(=O)[O-])sc3cc(F)ccc23)c1F. The Morgan fingerprint density at radius 3 is 2.46 bits per heavy atom. The highest BCUT2D eigenvalue weighted by molar-refractivity contribution is 7.21. The van der Waals surface area contributed by atoms with Crippen molar-refractivity contribution in [3.8, 4) is 11.1 Å². The lowest BCUT2D eigenvalue weighted by molar-refractivity contribution is -0.254. The van der Waals surface area contributed by atoms with Gasteiger partial charge in [0.25, 0.3) is 0 Å². The number of benzene rings is 2. The maximum absolute atomic E-state index is 14.6. The predicted molar refractivity (Wildman–Crippen MR) is 80.8 cm³/mol. The molecule has 3 aromatic rings. The van der Waals surface area contributed by atoms with Crippen LogP contribution in [0.2, 0.25) is 0 Å². The van der Waals surface area contributed by atoms with Crippen LogP contribution in [-0.2, 0) is 6.42 Å². The Kier molecular flexibility index (Phi) is 4.04. The van der Waals surface area contributed by atoms with Crippen molar-refractivity contribution >= 4 is 27.4 Å². The quantitative estimate of drug-likeness (QED) is 0.526. The fourth-order valence-corrected chi connectivity index (χ4v) is 3.71. The van der Waals surface area contributed by atoms with Gasteiger partial charge in [0.15, 0.2) is 11.6 Å². The van der Waals surface area contributed by atoms with Gasteiger partial charge in [-0.1, -0.05) is 6.92 Å². The van der Waals surface area contributed by atoms with Crippen LogP contribution in [0.15, 0.2) is 24.3 Å². The first-order chi connectivity index (χ1) is 11.3. The van der Waals surface area contributed by atoms with Crippen molar-refractivity contribution in [3.63, 3.8) is 0 Å². The van der Waals surface area contributed by atoms with Crippen LogP contribution in [0.4, 0.5) is 17.6 Å². The lowest BCUT2D eigenvalue weighted by Crippen LogP contribution is -2.21. The molecule has 0 N–H and O–H groups in total. The van der Waals surface area contributed by atoms with E-state index in [0.29, 0.717) is 17.4 Å². The molecule has 0 spiro atoms. The number of fused-ring (bicyclic) bond motifs is 1. The van der Waals surface area contributed by atoms with Crippen LogP contribution in [0.25, 0.3) is 21.2 Å². The van der Waals surface area contributed by atoms with Gasteiger partial charge in [-0.05, 0) is 30.7 Å². The van der Waals surface area contributed by atoms with Gasteiger partial charge in [-0.15, -0.1) is 11.3 Å². The van der Waals surface area contributed by atoms with E-state index in [-0.39, 0.29) is 32.5 Å². The van der Waals surface area contributed by atoms with E-state index in [9.17, 15) is 27.5 Å². The van der Waals surface area contributed by atoms with Crippen molar-refractivity contribution in [2.45, 2.75) is 13.3 Å². The first-order valence-corrected chi connectivity index (χ1v) is 7.76. The highest BCUT2D eigenvalue weighted by Gasteiger charge is 2.23. The molecule has 0 amide bonds. The Morgan fingerprint density at radius 2 is 1.83 bits per heavy atom. The molecule has 0 aliphatic heterocycles. The van der Waals surface area contributed by atoms with Crippen molar-refractivity contribution in [1.29, 1.82) is 0 Å². The number of aromatic carboxylic acids is 1. The van der Waals surface area contributed by atoms with Crippen LogP contribution in [0.1, 0.15) is 22.2 Å². The lowest BCUT2D eigenvalue weighted by Gasteiger charge is -2.11. The zero-order valence-electron chi connectivity index (χ0n) is 12.3. The van der Waals surface area contributed by atoms with Gasteiger partial charge >= 0.3 is 0 Å². The van der Waals surface area contributed by atoms with Gasteiger partial charge in [0.05, 0.1) is 10.8 Å². The van der Waals surface area contributed by atoms with E-state index in [1.165, 1.54) is 13.0 Å². The molecule has 0 aliphatic rings. The van der Waals surface area contributed by atoms with Gasteiger partial charge in [0.1, 0.15) is 11.6 Å². The Labute approximate surface area is 138 Å². The third kappa shape index (κ3) is 2.45. The molecule has 7 heteroatoms. The minimum absolute atomic E-state index is 0.111. The highest BCUT2D eigenvalue weighted by atomic mass is 32.1. The number of carbonyl (C=O) groups is 1. The van der Waals surface area contributed by atoms with Gasteiger partial charge in [0.2, 0.25) is 0 Å². The van der Waals surface area contributed by atoms with E-state index in [0.717, 1.165) is 12.1 Å². The number of hydrogen-bond donors (Lipinski definition) is 0. The minimum Gasteiger partial charge on any atom is -0.544 e. The topological polar surface area (TPSA) is 40.1 Å². The molecule has 0 saturated heterocycles. The molecule has 24 heavy (non-hydrogen) atoms. The van der Waals surface area contributed by atoms with Gasteiger partial charge in [-0.2, -0.15) is 0 Å². The van der Waals surface area contributed by atoms with Crippen LogP contribution in [0.5, 0.6) is 0 Å². The summed E-state index contributed by atoms with van der Waals surface area (Å²) in [4.78, 5) is 11.0. The number of carboxylic acids is 1. The normalized spacial score (nSPS) is 11.2. The van der Waals surface area contributed by atoms with E-state index < -0.39 is 34.8 Å². The van der Waals surface area contributed by atoms with Crippen molar-refractivity contribution in [1.82, 2.24) is 0 Å². The fraction of sp³-hybridized carbons (Fsp3) is 0.118. The molecular formula is C17H9F4O2S-. The second-order valence-corrected chi connectivity index (χ2v) is 6.15. The Balaban J connectivity index is 2.44. The van der Waals surface area contributed by atoms with Crippen molar-refractivity contribution in [2.75, 3.05) is 0 Å². The molecule has 2 aromatic carbocycles. The summed E-state index contributed by atoms with van der Waals surface area (Å²) in [6, 6.07) is 4.06. The third-order valence-corrected chi connectivity index (χ3v) is 4.84. The molecule has 3 rings (SSSR count). The number of hydrogen-bond acceptors (Lipinski definition) is 3. The Bertz CT molecular complexity index is 979. The van der Waals surface area contributed by atoms with E-state index in [2.05, 4.69) is 0 Å². The Morgan fingerprint density at radius 1 is 1.12 bits per heavy atom. The molecule has 124 valence electrons. The largest absolute Gasteiger partial charge is 0.544 e. The van der Waals surface area contributed by atoms with Crippen LogP contribution in [-0.4, -0.2) is 5.97 Å². The summed E-state index contributed by atoms with van der Waals surface area (Å²) >= 11 is 0.688. The minimum atomic E-state index is -1.60. The van der Waals surface area contributed by atoms with Gasteiger partial charge in [0, 0.05) is 26.8 Å². The predicted octanol–water partition coefficient (Wildman–Crippen LogP) is 4.05. The summed E-state index contributed by atoms with van der Waals surface area (Å²) in [7, 11) is 0. The maximum atomic E-state index is 14.6. The lowest BCUT2D eigenvalue weighted by atomic mass is 9.97. The van der Waals surface area contributed by atoms with Crippen LogP contribution in [0, 0.1) is 23.3 Å². The summed E-state index contributed by atoms with van der Waals surface area (Å²) in [5, 5.41) is 11.6. The molecule has 0 saturated carbocycles. The summed E-state index contributed by atoms with van der Waals surface area (Å²) in [5.74, 6) is -5.83. The first-order valence-electron chi connectivity index (χ1n) is 6.95. The van der Waals surface area contributed by atoms with Crippen molar-refractivity contribution < 1.29 is 27.5 Å².